The number of likely N-dealkylation sites (tertiary alicyclic amines) is 1. The van der Waals surface area contributed by atoms with Gasteiger partial charge >= 0.3 is 12.2 Å². The largest absolute Gasteiger partial charge is 0.488 e. The summed E-state index contributed by atoms with van der Waals surface area (Å²) in [6.07, 6.45) is 6.13. The molecule has 5 aromatic rings. The van der Waals surface area contributed by atoms with Gasteiger partial charge in [0, 0.05) is 29.5 Å². The van der Waals surface area contributed by atoms with Gasteiger partial charge in [0.05, 0.1) is 55.8 Å². The molecule has 6 atom stereocenters. The average Bonchev–Trinajstić information content (AvgIpc) is 4.06. The first-order valence-electron chi connectivity index (χ1n) is 22.1. The highest BCUT2D eigenvalue weighted by Crippen LogP contribution is 2.44. The lowest BCUT2D eigenvalue weighted by Gasteiger charge is -2.36. The SMILES string of the molecule is CCCCC(NC(=O)C(NC(=O)OC)C(C)C)c1ncc(-c2ccc3c(c2)COc2cc4c(ccc5[nH]c(C6CCC(C)N6C(=O)C(NC(=O)OC)C6CCCOC6)nc54)cc2-3)[nH]1. The van der Waals surface area contributed by atoms with E-state index < -0.39 is 24.3 Å². The molecule has 0 aliphatic carbocycles. The van der Waals surface area contributed by atoms with Gasteiger partial charge in [-0.1, -0.05) is 51.8 Å². The number of hydrogen-bond acceptors (Lipinski definition) is 10. The molecule has 0 bridgehead atoms. The summed E-state index contributed by atoms with van der Waals surface area (Å²) in [6, 6.07) is 12.4. The van der Waals surface area contributed by atoms with Gasteiger partial charge in [-0.3, -0.25) is 9.59 Å². The Balaban J connectivity index is 1.04. The molecule has 3 aromatic carbocycles. The van der Waals surface area contributed by atoms with Gasteiger partial charge in [-0.05, 0) is 91.3 Å². The predicted octanol–water partition coefficient (Wildman–Crippen LogP) is 7.60. The highest BCUT2D eigenvalue weighted by atomic mass is 16.5. The lowest BCUT2D eigenvalue weighted by molar-refractivity contribution is -0.139. The van der Waals surface area contributed by atoms with Crippen molar-refractivity contribution in [2.75, 3.05) is 27.4 Å². The number of amides is 4. The van der Waals surface area contributed by atoms with Gasteiger partial charge in [0.1, 0.15) is 36.1 Å². The number of methoxy groups -OCH3 is 2. The van der Waals surface area contributed by atoms with Crippen LogP contribution in [0.4, 0.5) is 9.59 Å². The quantitative estimate of drug-likeness (QED) is 0.0785. The van der Waals surface area contributed by atoms with Crippen LogP contribution in [-0.2, 0) is 30.4 Å². The number of aromatic amines is 2. The maximum Gasteiger partial charge on any atom is 0.407 e. The Morgan fingerprint density at radius 1 is 0.952 bits per heavy atom. The molecule has 2 fully saturated rings. The van der Waals surface area contributed by atoms with Crippen molar-refractivity contribution in [3.63, 3.8) is 0 Å². The fraction of sp³-hybridized carbons (Fsp3) is 0.489. The number of fused-ring (bicyclic) bond motifs is 6. The van der Waals surface area contributed by atoms with Crippen molar-refractivity contribution in [3.05, 3.63) is 65.9 Å². The normalized spacial score (nSPS) is 19.7. The average molecular weight is 863 g/mol. The minimum absolute atomic E-state index is 0.0496. The van der Waals surface area contributed by atoms with Crippen LogP contribution in [0.5, 0.6) is 5.75 Å². The second-order valence-corrected chi connectivity index (χ2v) is 17.3. The second kappa shape index (κ2) is 18.7. The van der Waals surface area contributed by atoms with E-state index in [1.807, 2.05) is 31.7 Å². The van der Waals surface area contributed by atoms with Crippen LogP contribution in [0.3, 0.4) is 0 Å². The fourth-order valence-electron chi connectivity index (χ4n) is 9.34. The Morgan fingerprint density at radius 2 is 1.76 bits per heavy atom. The van der Waals surface area contributed by atoms with Crippen molar-refractivity contribution in [2.24, 2.45) is 11.8 Å². The van der Waals surface area contributed by atoms with Gasteiger partial charge in [0.2, 0.25) is 11.8 Å². The molecule has 8 rings (SSSR count). The first-order valence-corrected chi connectivity index (χ1v) is 22.1. The van der Waals surface area contributed by atoms with E-state index in [1.54, 1.807) is 6.20 Å². The van der Waals surface area contributed by atoms with Gasteiger partial charge in [-0.2, -0.15) is 0 Å². The standard InChI is InChI=1S/C47H58N8O8/c1-7-8-11-35(51-44(56)39(25(2)3)53-46(58)60-5)42-48-22-36(50-42)28-13-15-31-30(19-28)24-63-38-21-32-27(20-33(31)38)14-16-34-41(32)52-43(49-34)37-17-12-26(4)55(37)45(57)40(54-47(59)61-6)29-10-9-18-62-23-29/h13-16,19-22,25-26,29,35,37,39-40H,7-12,17-18,23-24H2,1-6H3,(H,48,50)(H,49,52)(H,51,56)(H,53,58)(H,54,59). The number of hydrogen-bond donors (Lipinski definition) is 5. The molecule has 63 heavy (non-hydrogen) atoms. The zero-order chi connectivity index (χ0) is 44.4. The number of carbonyl (C=O) groups excluding carboxylic acids is 4. The zero-order valence-corrected chi connectivity index (χ0v) is 36.8. The molecule has 3 aliphatic rings. The molecule has 0 spiro atoms. The molecule has 0 radical (unpaired) electrons. The van der Waals surface area contributed by atoms with Crippen LogP contribution < -0.4 is 20.7 Å². The highest BCUT2D eigenvalue weighted by molar-refractivity contribution is 6.07. The number of nitrogens with zero attached hydrogens (tertiary/aromatic N) is 3. The number of unbranched alkanes of at least 4 members (excludes halogenated alkanes) is 1. The van der Waals surface area contributed by atoms with Crippen LogP contribution in [0.1, 0.15) is 102 Å². The van der Waals surface area contributed by atoms with Gasteiger partial charge < -0.3 is 49.8 Å². The number of benzene rings is 3. The van der Waals surface area contributed by atoms with Crippen molar-refractivity contribution in [2.45, 2.75) is 109 Å². The van der Waals surface area contributed by atoms with Crippen LogP contribution in [0.25, 0.3) is 44.2 Å². The van der Waals surface area contributed by atoms with Crippen LogP contribution in [0, 0.1) is 11.8 Å². The number of carbonyl (C=O) groups is 4. The molecule has 3 aliphatic heterocycles. The topological polar surface area (TPSA) is 202 Å². The summed E-state index contributed by atoms with van der Waals surface area (Å²) in [4.78, 5) is 70.9. The van der Waals surface area contributed by atoms with Crippen LogP contribution in [0.15, 0.2) is 48.7 Å². The van der Waals surface area contributed by atoms with Crippen molar-refractivity contribution in [3.8, 4) is 28.1 Å². The molecule has 2 aromatic heterocycles. The maximum atomic E-state index is 14.4. The second-order valence-electron chi connectivity index (χ2n) is 17.3. The Morgan fingerprint density at radius 3 is 2.51 bits per heavy atom. The monoisotopic (exact) mass is 862 g/mol. The molecule has 16 nitrogen and oxygen atoms in total. The molecule has 0 saturated carbocycles. The fourth-order valence-corrected chi connectivity index (χ4v) is 9.34. The van der Waals surface area contributed by atoms with Gasteiger partial charge in [-0.15, -0.1) is 0 Å². The molecule has 5 heterocycles. The van der Waals surface area contributed by atoms with E-state index in [0.29, 0.717) is 37.9 Å². The summed E-state index contributed by atoms with van der Waals surface area (Å²) >= 11 is 0. The third kappa shape index (κ3) is 8.90. The van der Waals surface area contributed by atoms with E-state index in [4.69, 9.17) is 28.9 Å². The number of rotatable bonds is 13. The van der Waals surface area contributed by atoms with Crippen LogP contribution in [-0.4, -0.2) is 94.4 Å². The van der Waals surface area contributed by atoms with Gasteiger partial charge in [0.15, 0.2) is 0 Å². The molecule has 2 saturated heterocycles. The third-order valence-electron chi connectivity index (χ3n) is 12.8. The first-order chi connectivity index (χ1) is 30.5. The van der Waals surface area contributed by atoms with E-state index in [1.165, 1.54) is 14.2 Å². The molecule has 4 amide bonds. The summed E-state index contributed by atoms with van der Waals surface area (Å²) in [6.45, 7) is 9.29. The number of ether oxygens (including phenoxy) is 4. The summed E-state index contributed by atoms with van der Waals surface area (Å²) < 4.78 is 21.8. The van der Waals surface area contributed by atoms with Gasteiger partial charge in [0.25, 0.3) is 0 Å². The zero-order valence-electron chi connectivity index (χ0n) is 36.8. The molecule has 334 valence electrons. The summed E-state index contributed by atoms with van der Waals surface area (Å²) in [7, 11) is 2.58. The number of alkyl carbamates (subject to hydrolysis) is 2. The number of H-pyrrole nitrogens is 2. The van der Waals surface area contributed by atoms with Gasteiger partial charge in [-0.25, -0.2) is 19.6 Å². The van der Waals surface area contributed by atoms with Crippen molar-refractivity contribution >= 4 is 45.8 Å². The number of imidazole rings is 2. The van der Waals surface area contributed by atoms with Crippen LogP contribution >= 0.6 is 0 Å². The van der Waals surface area contributed by atoms with E-state index in [0.717, 1.165) is 94.0 Å². The predicted molar refractivity (Wildman–Crippen MR) is 237 cm³/mol. The summed E-state index contributed by atoms with van der Waals surface area (Å²) in [5, 5.41) is 10.5. The van der Waals surface area contributed by atoms with E-state index in [2.05, 4.69) is 69.2 Å². The lowest BCUT2D eigenvalue weighted by Crippen LogP contribution is -2.55. The number of aromatic nitrogens is 4. The van der Waals surface area contributed by atoms with Crippen molar-refractivity contribution in [1.82, 2.24) is 40.8 Å². The van der Waals surface area contributed by atoms with Crippen LogP contribution in [0.2, 0.25) is 0 Å². The van der Waals surface area contributed by atoms with Crippen molar-refractivity contribution < 1.29 is 38.1 Å². The van der Waals surface area contributed by atoms with E-state index >= 15 is 0 Å². The molecular weight excluding hydrogens is 805 g/mol. The summed E-state index contributed by atoms with van der Waals surface area (Å²) in [5.74, 6) is 1.35. The lowest BCUT2D eigenvalue weighted by atomic mass is 9.92. The highest BCUT2D eigenvalue weighted by Gasteiger charge is 2.43. The first kappa shape index (κ1) is 43.5. The van der Waals surface area contributed by atoms with Crippen molar-refractivity contribution in [1.29, 1.82) is 0 Å². The van der Waals surface area contributed by atoms with E-state index in [9.17, 15) is 19.2 Å². The Bertz CT molecular complexity index is 2490. The molecule has 6 unspecified atom stereocenters. The third-order valence-corrected chi connectivity index (χ3v) is 12.8. The number of nitrogens with one attached hydrogen (secondary N) is 5. The summed E-state index contributed by atoms with van der Waals surface area (Å²) in [5.41, 5.74) is 6.50. The molecule has 5 N–H and O–H groups in total. The Hall–Kier alpha value is -6.16. The minimum Gasteiger partial charge on any atom is -0.488 e. The molecular formula is C47H58N8O8. The minimum atomic E-state index is -0.769. The molecule has 16 heteroatoms. The van der Waals surface area contributed by atoms with E-state index in [-0.39, 0.29) is 41.8 Å². The Kier molecular flexibility index (Phi) is 12.9. The smallest absolute Gasteiger partial charge is 0.407 e. The Labute approximate surface area is 366 Å². The maximum absolute atomic E-state index is 14.4.